The SMILES string of the molecule is CC([SeH])C(O)C(=O)O. The third kappa shape index (κ3) is 2.31. The molecule has 0 heterocycles. The van der Waals surface area contributed by atoms with E-state index in [1.54, 1.807) is 6.92 Å². The number of hydrogen-bond donors (Lipinski definition) is 2. The number of aliphatic hydroxyl groups is 1. The van der Waals surface area contributed by atoms with Gasteiger partial charge in [-0.05, 0) is 0 Å². The van der Waals surface area contributed by atoms with E-state index in [0.29, 0.717) is 0 Å². The summed E-state index contributed by atoms with van der Waals surface area (Å²) in [5.41, 5.74) is 0. The van der Waals surface area contributed by atoms with Crippen molar-refractivity contribution in [3.8, 4) is 0 Å². The Morgan fingerprint density at radius 2 is 2.12 bits per heavy atom. The summed E-state index contributed by atoms with van der Waals surface area (Å²) in [5, 5.41) is 16.7. The molecule has 3 nitrogen and oxygen atoms in total. The van der Waals surface area contributed by atoms with Crippen LogP contribution in [0.2, 0.25) is 4.82 Å². The fraction of sp³-hybridized carbons (Fsp3) is 0.750. The monoisotopic (exact) mass is 184 g/mol. The number of carboxylic acids is 1. The Balaban J connectivity index is 3.64. The van der Waals surface area contributed by atoms with E-state index >= 15 is 0 Å². The molecule has 0 saturated heterocycles. The topological polar surface area (TPSA) is 57.5 Å². The molecular weight excluding hydrogens is 175 g/mol. The van der Waals surface area contributed by atoms with E-state index in [2.05, 4.69) is 16.0 Å². The van der Waals surface area contributed by atoms with Gasteiger partial charge in [0, 0.05) is 0 Å². The zero-order valence-corrected chi connectivity index (χ0v) is 6.28. The first kappa shape index (κ1) is 7.95. The van der Waals surface area contributed by atoms with E-state index in [9.17, 15) is 4.79 Å². The Morgan fingerprint density at radius 3 is 2.12 bits per heavy atom. The van der Waals surface area contributed by atoms with E-state index in [1.807, 2.05) is 0 Å². The van der Waals surface area contributed by atoms with Gasteiger partial charge in [0.25, 0.3) is 0 Å². The van der Waals surface area contributed by atoms with E-state index < -0.39 is 12.1 Å². The van der Waals surface area contributed by atoms with Gasteiger partial charge < -0.3 is 0 Å². The molecule has 0 aromatic rings. The molecule has 2 N–H and O–H groups in total. The second-order valence-corrected chi connectivity index (χ2v) is 3.23. The molecule has 0 fully saturated rings. The first-order valence-corrected chi connectivity index (χ1v) is 3.23. The number of carboxylic acid groups (broad SMARTS) is 1. The number of carbonyl (C=O) groups is 1. The third-order valence-electron chi connectivity index (χ3n) is 0.710. The number of rotatable bonds is 2. The molecular formula is C4H8O3Se. The fourth-order valence-electron chi connectivity index (χ4n) is 0.206. The van der Waals surface area contributed by atoms with Crippen LogP contribution in [0.4, 0.5) is 0 Å². The Kier molecular flexibility index (Phi) is 3.05. The van der Waals surface area contributed by atoms with Crippen LogP contribution < -0.4 is 0 Å². The molecule has 0 spiro atoms. The van der Waals surface area contributed by atoms with Crippen molar-refractivity contribution in [3.63, 3.8) is 0 Å². The second-order valence-electron chi connectivity index (χ2n) is 1.52. The molecule has 0 aromatic carbocycles. The summed E-state index contributed by atoms with van der Waals surface area (Å²) in [4.78, 5) is 9.62. The van der Waals surface area contributed by atoms with Crippen LogP contribution in [0.5, 0.6) is 0 Å². The molecule has 0 aliphatic carbocycles. The molecule has 4 heteroatoms. The molecule has 0 aliphatic heterocycles. The van der Waals surface area contributed by atoms with Crippen molar-refractivity contribution in [2.24, 2.45) is 0 Å². The van der Waals surface area contributed by atoms with E-state index in [1.165, 1.54) is 0 Å². The molecule has 2 atom stereocenters. The van der Waals surface area contributed by atoms with Crippen LogP contribution >= 0.6 is 0 Å². The Bertz CT molecular complexity index is 91.3. The minimum atomic E-state index is -1.24. The maximum atomic E-state index is 9.88. The number of hydrogen-bond acceptors (Lipinski definition) is 2. The normalized spacial score (nSPS) is 17.4. The van der Waals surface area contributed by atoms with Gasteiger partial charge in [-0.1, -0.05) is 0 Å². The van der Waals surface area contributed by atoms with Gasteiger partial charge in [-0.25, -0.2) is 0 Å². The zero-order valence-electron chi connectivity index (χ0n) is 4.40. The van der Waals surface area contributed by atoms with Crippen LogP contribution in [0.1, 0.15) is 6.92 Å². The first-order chi connectivity index (χ1) is 3.55. The average molecular weight is 183 g/mol. The van der Waals surface area contributed by atoms with Gasteiger partial charge in [0.15, 0.2) is 0 Å². The van der Waals surface area contributed by atoms with Crippen molar-refractivity contribution in [3.05, 3.63) is 0 Å². The van der Waals surface area contributed by atoms with E-state index in [4.69, 9.17) is 10.2 Å². The molecule has 0 aliphatic rings. The van der Waals surface area contributed by atoms with Crippen LogP contribution in [0, 0.1) is 0 Å². The number of aliphatic carboxylic acids is 1. The standard InChI is InChI=1S/C4H8O3Se/c1-2(8)3(5)4(6)7/h2-3,5,8H,1H3,(H,6,7). The van der Waals surface area contributed by atoms with Gasteiger partial charge >= 0.3 is 54.8 Å². The molecule has 8 heavy (non-hydrogen) atoms. The number of aliphatic hydroxyl groups excluding tert-OH is 1. The van der Waals surface area contributed by atoms with Gasteiger partial charge in [0.1, 0.15) is 0 Å². The minimum absolute atomic E-state index is 0.264. The molecule has 0 bridgehead atoms. The van der Waals surface area contributed by atoms with Gasteiger partial charge in [0.05, 0.1) is 0 Å². The van der Waals surface area contributed by atoms with Crippen LogP contribution in [0.15, 0.2) is 0 Å². The Labute approximate surface area is 55.5 Å². The zero-order chi connectivity index (χ0) is 6.73. The van der Waals surface area contributed by atoms with Crippen molar-refractivity contribution in [2.45, 2.75) is 17.8 Å². The quantitative estimate of drug-likeness (QED) is 0.548. The second kappa shape index (κ2) is 3.07. The molecule has 0 radical (unpaired) electrons. The third-order valence-corrected chi connectivity index (χ3v) is 1.30. The average Bonchev–Trinajstić information content (AvgIpc) is 1.64. The van der Waals surface area contributed by atoms with Crippen molar-refractivity contribution < 1.29 is 15.0 Å². The predicted octanol–water partition coefficient (Wildman–Crippen LogP) is -0.859. The fourth-order valence-corrected chi connectivity index (χ4v) is 0.474. The molecule has 0 amide bonds. The predicted molar refractivity (Wildman–Crippen MR) is 30.2 cm³/mol. The van der Waals surface area contributed by atoms with Crippen LogP contribution in [0.3, 0.4) is 0 Å². The summed E-state index contributed by atoms with van der Waals surface area (Å²) >= 11 is 2.07. The molecule has 0 aromatic heterocycles. The first-order valence-electron chi connectivity index (χ1n) is 2.14. The summed E-state index contributed by atoms with van der Waals surface area (Å²) in [6, 6.07) is 0. The summed E-state index contributed by atoms with van der Waals surface area (Å²) in [6.45, 7) is 1.62. The van der Waals surface area contributed by atoms with Crippen LogP contribution in [0.25, 0.3) is 0 Å². The van der Waals surface area contributed by atoms with Gasteiger partial charge in [-0.15, -0.1) is 0 Å². The van der Waals surface area contributed by atoms with Crippen molar-refractivity contribution >= 4 is 22.0 Å². The molecule has 0 saturated carbocycles. The Hall–Kier alpha value is -0.0505. The van der Waals surface area contributed by atoms with Crippen molar-refractivity contribution in [2.75, 3.05) is 0 Å². The maximum absolute atomic E-state index is 9.88. The molecule has 0 rings (SSSR count). The summed E-state index contributed by atoms with van der Waals surface area (Å²) in [7, 11) is 0. The summed E-state index contributed by atoms with van der Waals surface area (Å²) in [5.74, 6) is -1.17. The molecule has 48 valence electrons. The van der Waals surface area contributed by atoms with Gasteiger partial charge in [0.2, 0.25) is 0 Å². The van der Waals surface area contributed by atoms with E-state index in [0.717, 1.165) is 0 Å². The summed E-state index contributed by atoms with van der Waals surface area (Å²) < 4.78 is 0. The van der Waals surface area contributed by atoms with Crippen molar-refractivity contribution in [1.29, 1.82) is 0 Å². The Morgan fingerprint density at radius 1 is 1.75 bits per heavy atom. The summed E-state index contributed by atoms with van der Waals surface area (Å²) in [6.07, 6.45) is -1.24. The van der Waals surface area contributed by atoms with Gasteiger partial charge in [-0.2, -0.15) is 0 Å². The molecule has 2 unspecified atom stereocenters. The van der Waals surface area contributed by atoms with Crippen molar-refractivity contribution in [1.82, 2.24) is 0 Å². The van der Waals surface area contributed by atoms with Crippen LogP contribution in [-0.2, 0) is 4.79 Å². The van der Waals surface area contributed by atoms with Gasteiger partial charge in [-0.3, -0.25) is 0 Å². The van der Waals surface area contributed by atoms with Crippen LogP contribution in [-0.4, -0.2) is 38.3 Å². The van der Waals surface area contributed by atoms with E-state index in [-0.39, 0.29) is 4.82 Å².